The van der Waals surface area contributed by atoms with Crippen LogP contribution in [0, 0.1) is 0 Å². The number of pyridine rings is 1. The van der Waals surface area contributed by atoms with Crippen LogP contribution in [0.5, 0.6) is 5.88 Å². The Morgan fingerprint density at radius 3 is 2.52 bits per heavy atom. The molecule has 0 aromatic carbocycles. The lowest BCUT2D eigenvalue weighted by molar-refractivity contribution is -0.138. The van der Waals surface area contributed by atoms with E-state index in [9.17, 15) is 18.0 Å². The summed E-state index contributed by atoms with van der Waals surface area (Å²) in [7, 11) is 0. The molecule has 10 heteroatoms. The zero-order valence-corrected chi connectivity index (χ0v) is 16.8. The minimum absolute atomic E-state index is 0.0431. The van der Waals surface area contributed by atoms with Gasteiger partial charge in [0, 0.05) is 44.1 Å². The smallest absolute Gasteiger partial charge is 0.417 e. The van der Waals surface area contributed by atoms with Gasteiger partial charge in [-0.1, -0.05) is 0 Å². The van der Waals surface area contributed by atoms with E-state index in [4.69, 9.17) is 4.74 Å². The molecular weight excluding hydrogens is 411 g/mol. The highest BCUT2D eigenvalue weighted by atomic mass is 19.4. The molecule has 0 unspecified atom stereocenters. The fraction of sp³-hybridized carbons (Fsp3) is 0.524. The number of alkyl halides is 3. The Bertz CT molecular complexity index is 947. The molecule has 164 valence electrons. The van der Waals surface area contributed by atoms with Crippen LogP contribution >= 0.6 is 0 Å². The van der Waals surface area contributed by atoms with E-state index in [1.54, 1.807) is 11.1 Å². The van der Waals surface area contributed by atoms with Gasteiger partial charge in [0.05, 0.1) is 36.2 Å². The van der Waals surface area contributed by atoms with Crippen molar-refractivity contribution in [3.8, 4) is 5.88 Å². The predicted molar refractivity (Wildman–Crippen MR) is 105 cm³/mol. The molecule has 4 heterocycles. The molecule has 2 aliphatic heterocycles. The van der Waals surface area contributed by atoms with Gasteiger partial charge in [-0.05, 0) is 18.9 Å². The maximum atomic E-state index is 12.7. The van der Waals surface area contributed by atoms with Gasteiger partial charge >= 0.3 is 6.18 Å². The van der Waals surface area contributed by atoms with Crippen molar-refractivity contribution < 1.29 is 22.7 Å². The fourth-order valence-corrected chi connectivity index (χ4v) is 4.24. The minimum atomic E-state index is -4.44. The molecule has 3 aliphatic rings. The number of carbonyl (C=O) groups excluding carboxylic acids is 1. The van der Waals surface area contributed by atoms with Crippen LogP contribution < -0.4 is 9.64 Å². The van der Waals surface area contributed by atoms with E-state index in [1.807, 2.05) is 6.20 Å². The van der Waals surface area contributed by atoms with Gasteiger partial charge in [-0.25, -0.2) is 9.97 Å². The number of ether oxygens (including phenoxy) is 1. The number of amides is 1. The third kappa shape index (κ3) is 4.28. The first kappa shape index (κ1) is 20.0. The number of hydrogen-bond donors (Lipinski definition) is 0. The van der Waals surface area contributed by atoms with Crippen LogP contribution in [0.1, 0.15) is 42.9 Å². The van der Waals surface area contributed by atoms with Gasteiger partial charge in [0.25, 0.3) is 0 Å². The molecule has 5 rings (SSSR count). The van der Waals surface area contributed by atoms with E-state index in [-0.39, 0.29) is 23.9 Å². The van der Waals surface area contributed by atoms with Crippen LogP contribution in [0.25, 0.3) is 0 Å². The van der Waals surface area contributed by atoms with Crippen molar-refractivity contribution in [3.05, 3.63) is 42.0 Å². The number of anilines is 1. The van der Waals surface area contributed by atoms with Gasteiger partial charge in [0.1, 0.15) is 11.9 Å². The second kappa shape index (κ2) is 7.65. The Hall–Kier alpha value is -2.91. The van der Waals surface area contributed by atoms with Crippen LogP contribution in [0.3, 0.4) is 0 Å². The number of rotatable bonds is 4. The van der Waals surface area contributed by atoms with Crippen molar-refractivity contribution >= 4 is 11.7 Å². The summed E-state index contributed by atoms with van der Waals surface area (Å²) in [5.74, 6) is 1.46. The molecule has 0 bridgehead atoms. The van der Waals surface area contributed by atoms with Gasteiger partial charge in [-0.15, -0.1) is 0 Å². The Kier molecular flexibility index (Phi) is 4.94. The van der Waals surface area contributed by atoms with E-state index in [0.29, 0.717) is 38.4 Å². The lowest BCUT2D eigenvalue weighted by atomic mass is 10.2. The van der Waals surface area contributed by atoms with Crippen LogP contribution in [-0.2, 0) is 11.0 Å². The largest absolute Gasteiger partial charge is 0.472 e. The molecule has 2 aromatic heterocycles. The van der Waals surface area contributed by atoms with E-state index >= 15 is 0 Å². The number of fused-ring (bicyclic) bond motifs is 1. The van der Waals surface area contributed by atoms with E-state index in [2.05, 4.69) is 19.9 Å². The van der Waals surface area contributed by atoms with Gasteiger partial charge in [-0.3, -0.25) is 9.78 Å². The average Bonchev–Trinajstić information content (AvgIpc) is 3.54. The average molecular weight is 433 g/mol. The van der Waals surface area contributed by atoms with Crippen molar-refractivity contribution in [2.75, 3.05) is 24.5 Å². The highest BCUT2D eigenvalue weighted by molar-refractivity contribution is 5.78. The molecular formula is C21H22F3N5O2. The Morgan fingerprint density at radius 2 is 1.87 bits per heavy atom. The van der Waals surface area contributed by atoms with Gasteiger partial charge in [-0.2, -0.15) is 13.2 Å². The molecule has 2 aromatic rings. The molecule has 3 fully saturated rings. The van der Waals surface area contributed by atoms with E-state index < -0.39 is 11.7 Å². The third-order valence-corrected chi connectivity index (χ3v) is 6.05. The first-order valence-corrected chi connectivity index (χ1v) is 10.4. The summed E-state index contributed by atoms with van der Waals surface area (Å²) in [4.78, 5) is 29.4. The third-order valence-electron chi connectivity index (χ3n) is 6.05. The monoisotopic (exact) mass is 433 g/mol. The highest BCUT2D eigenvalue weighted by Crippen LogP contribution is 2.38. The van der Waals surface area contributed by atoms with Crippen molar-refractivity contribution in [3.63, 3.8) is 0 Å². The number of nitrogens with zero attached hydrogens (tertiary/aromatic N) is 5. The summed E-state index contributed by atoms with van der Waals surface area (Å²) in [5, 5.41) is 0. The minimum Gasteiger partial charge on any atom is -0.472 e. The summed E-state index contributed by atoms with van der Waals surface area (Å²) >= 11 is 0. The molecule has 0 spiro atoms. The molecule has 0 radical (unpaired) electrons. The van der Waals surface area contributed by atoms with Crippen molar-refractivity contribution in [2.45, 2.75) is 49.9 Å². The molecule has 7 nitrogen and oxygen atoms in total. The molecule has 0 N–H and O–H groups in total. The fourth-order valence-electron chi connectivity index (χ4n) is 4.24. The number of carbonyl (C=O) groups is 1. The Morgan fingerprint density at radius 1 is 1.03 bits per heavy atom. The number of aromatic nitrogens is 3. The quantitative estimate of drug-likeness (QED) is 0.738. The van der Waals surface area contributed by atoms with Crippen LogP contribution in [0.4, 0.5) is 19.0 Å². The second-order valence-corrected chi connectivity index (χ2v) is 8.33. The normalized spacial score (nSPS) is 24.2. The predicted octanol–water partition coefficient (Wildman–Crippen LogP) is 3.03. The van der Waals surface area contributed by atoms with Gasteiger partial charge < -0.3 is 14.5 Å². The van der Waals surface area contributed by atoms with E-state index in [0.717, 1.165) is 23.8 Å². The molecule has 1 amide bonds. The molecule has 1 saturated carbocycles. The van der Waals surface area contributed by atoms with Crippen molar-refractivity contribution in [1.29, 1.82) is 0 Å². The van der Waals surface area contributed by atoms with E-state index in [1.165, 1.54) is 18.9 Å². The Labute approximate surface area is 177 Å². The number of hydrogen-bond acceptors (Lipinski definition) is 6. The lowest BCUT2D eigenvalue weighted by Gasteiger charge is -2.25. The summed E-state index contributed by atoms with van der Waals surface area (Å²) in [5.41, 5.74) is 0.203. The van der Waals surface area contributed by atoms with Crippen molar-refractivity contribution in [1.82, 2.24) is 19.9 Å². The number of halogens is 3. The highest BCUT2D eigenvalue weighted by Gasteiger charge is 2.40. The summed E-state index contributed by atoms with van der Waals surface area (Å²) in [6.45, 7) is 1.59. The van der Waals surface area contributed by atoms with Crippen LogP contribution in [-0.4, -0.2) is 57.5 Å². The topological polar surface area (TPSA) is 71.5 Å². The summed E-state index contributed by atoms with van der Waals surface area (Å²) in [6.07, 6.45) is 2.90. The second-order valence-electron chi connectivity index (χ2n) is 8.33. The molecule has 1 aliphatic carbocycles. The maximum absolute atomic E-state index is 12.7. The standard InChI is InChI=1S/C21H22F3N5O2/c22-21(23,24)14-3-4-19(27-8-14)31-16-7-15-11-28(6-5-20(30)29(15)12-16)18-10-25-17(9-26-18)13-1-2-13/h3-4,8-10,13,15-16H,1-2,5-7,11-12H2/t15-,16-/m1/s1. The van der Waals surface area contributed by atoms with Crippen LogP contribution in [0.15, 0.2) is 30.7 Å². The summed E-state index contributed by atoms with van der Waals surface area (Å²) in [6, 6.07) is 2.11. The first-order valence-electron chi connectivity index (χ1n) is 10.4. The SMILES string of the molecule is O=C1CCN(c2cnc(C3CC3)cn2)C[C@H]2C[C@@H](Oc3ccc(C(F)(F)F)cn3)CN12. The zero-order valence-electron chi connectivity index (χ0n) is 16.8. The molecule has 31 heavy (non-hydrogen) atoms. The van der Waals surface area contributed by atoms with Gasteiger partial charge in [0.2, 0.25) is 11.8 Å². The van der Waals surface area contributed by atoms with Crippen molar-refractivity contribution in [2.24, 2.45) is 0 Å². The lowest BCUT2D eigenvalue weighted by Crippen LogP contribution is -2.38. The first-order chi connectivity index (χ1) is 14.9. The molecule has 2 atom stereocenters. The molecule has 2 saturated heterocycles. The van der Waals surface area contributed by atoms with Crippen LogP contribution in [0.2, 0.25) is 0 Å². The Balaban J connectivity index is 1.25. The summed E-state index contributed by atoms with van der Waals surface area (Å²) < 4.78 is 43.9. The zero-order chi connectivity index (χ0) is 21.6. The van der Waals surface area contributed by atoms with Gasteiger partial charge in [0.15, 0.2) is 0 Å². The maximum Gasteiger partial charge on any atom is 0.417 e.